The van der Waals surface area contributed by atoms with Crippen LogP contribution >= 0.6 is 74.5 Å². The summed E-state index contributed by atoms with van der Waals surface area (Å²) in [5.41, 5.74) is 0. The topological polar surface area (TPSA) is 9.72 Å². The van der Waals surface area contributed by atoms with E-state index in [0.717, 1.165) is 90.8 Å². The van der Waals surface area contributed by atoms with Crippen molar-refractivity contribution in [2.24, 2.45) is 0 Å². The minimum absolute atomic E-state index is 0. The van der Waals surface area contributed by atoms with Gasteiger partial charge in [-0.2, -0.15) is 0 Å². The first-order chi connectivity index (χ1) is 14.2. The number of thiol groups is 3. The molecule has 1 radical (unpaired) electrons. The van der Waals surface area contributed by atoms with Gasteiger partial charge < -0.3 is 14.7 Å². The summed E-state index contributed by atoms with van der Waals surface area (Å²) in [6.07, 6.45) is 6.84. The Kier molecular flexibility index (Phi) is 37.3. The summed E-state index contributed by atoms with van der Waals surface area (Å²) in [7, 11) is 0. The van der Waals surface area contributed by atoms with Crippen molar-refractivity contribution < 1.29 is 17.1 Å². The molecule has 31 heavy (non-hydrogen) atoms. The van der Waals surface area contributed by atoms with Crippen molar-refractivity contribution in [3.05, 3.63) is 0 Å². The molecule has 0 spiro atoms. The van der Waals surface area contributed by atoms with Gasteiger partial charge in [0.25, 0.3) is 0 Å². The van der Waals surface area contributed by atoms with Crippen molar-refractivity contribution in [3.63, 3.8) is 0 Å². The normalized spacial score (nSPS) is 9.19. The van der Waals surface area contributed by atoms with Crippen LogP contribution < -0.4 is 0 Å². The first kappa shape index (κ1) is 39.5. The van der Waals surface area contributed by atoms with E-state index in [1.54, 1.807) is 0 Å². The Labute approximate surface area is 236 Å². The fraction of sp³-hybridized carbons (Fsp3) is 0.857. The van der Waals surface area contributed by atoms with Gasteiger partial charge in [-0.25, -0.2) is 0 Å². The molecule has 0 aromatic rings. The number of hydrogen-bond donors (Lipinski definition) is 3. The Morgan fingerprint density at radius 3 is 0.645 bits per heavy atom. The Hall–Kier alpha value is 1.24. The Morgan fingerprint density at radius 1 is 0.452 bits per heavy atom. The van der Waals surface area contributed by atoms with Crippen molar-refractivity contribution in [2.45, 2.75) is 80.1 Å². The van der Waals surface area contributed by atoms with Gasteiger partial charge in [0, 0.05) is 39.3 Å². The molecule has 0 rings (SSSR count). The average Bonchev–Trinajstić information content (AvgIpc) is 2.68. The van der Waals surface area contributed by atoms with E-state index in [4.69, 9.17) is 36.7 Å². The summed E-state index contributed by atoms with van der Waals surface area (Å²) in [6, 6.07) is 0. The van der Waals surface area contributed by atoms with Crippen LogP contribution in [0.25, 0.3) is 0 Å². The smallest absolute Gasteiger partial charge is 0.358 e. The van der Waals surface area contributed by atoms with Crippen LogP contribution in [0.2, 0.25) is 0 Å². The number of rotatable bonds is 12. The standard InChI is InChI=1S/3C7H15NS2.Fe/c3*1-3-5-8(6-4-2)7(9)10;/h3*3-6H2,1-2H3,(H,9,10);/q;;;+3. The summed E-state index contributed by atoms with van der Waals surface area (Å²) in [4.78, 5) is 6.37. The first-order valence-electron chi connectivity index (χ1n) is 11.1. The predicted octanol–water partition coefficient (Wildman–Crippen LogP) is 6.97. The molecule has 0 aromatic carbocycles. The van der Waals surface area contributed by atoms with Gasteiger partial charge in [0.2, 0.25) is 0 Å². The third-order valence-corrected chi connectivity index (χ3v) is 5.40. The van der Waals surface area contributed by atoms with E-state index in [1.165, 1.54) is 0 Å². The zero-order valence-electron chi connectivity index (χ0n) is 20.2. The van der Waals surface area contributed by atoms with E-state index >= 15 is 0 Å². The molecule has 0 aliphatic rings. The zero-order valence-corrected chi connectivity index (χ0v) is 26.5. The second-order valence-corrected chi connectivity index (χ2v) is 10.1. The fourth-order valence-electron chi connectivity index (χ4n) is 2.53. The molecule has 0 fully saturated rings. The first-order valence-corrected chi connectivity index (χ1v) is 13.7. The molecule has 185 valence electrons. The minimum Gasteiger partial charge on any atom is -0.358 e. The Morgan fingerprint density at radius 2 is 0.581 bits per heavy atom. The molecule has 0 N–H and O–H groups in total. The van der Waals surface area contributed by atoms with Crippen molar-refractivity contribution in [1.29, 1.82) is 0 Å². The molecule has 0 aliphatic carbocycles. The number of thiocarbonyl (C=S) groups is 3. The molecule has 0 saturated carbocycles. The third-order valence-electron chi connectivity index (χ3n) is 3.77. The average molecular weight is 588 g/mol. The molecule has 0 aromatic heterocycles. The van der Waals surface area contributed by atoms with Gasteiger partial charge in [-0.1, -0.05) is 78.2 Å². The number of nitrogens with zero attached hydrogens (tertiary/aromatic N) is 3. The second kappa shape index (κ2) is 29.3. The van der Waals surface area contributed by atoms with Crippen LogP contribution in [0.3, 0.4) is 0 Å². The maximum atomic E-state index is 4.94. The van der Waals surface area contributed by atoms with Crippen LogP contribution in [-0.4, -0.2) is 66.9 Å². The van der Waals surface area contributed by atoms with Crippen LogP contribution in [0, 0.1) is 0 Å². The van der Waals surface area contributed by atoms with E-state index < -0.39 is 0 Å². The molecule has 0 heterocycles. The summed E-state index contributed by atoms with van der Waals surface area (Å²) in [5, 5.41) is 0. The third kappa shape index (κ3) is 27.4. The zero-order chi connectivity index (χ0) is 23.9. The van der Waals surface area contributed by atoms with Gasteiger partial charge in [-0.3, -0.25) is 0 Å². The van der Waals surface area contributed by atoms with Gasteiger partial charge >= 0.3 is 17.1 Å². The Bertz CT molecular complexity index is 362. The second-order valence-electron chi connectivity index (χ2n) is 6.81. The van der Waals surface area contributed by atoms with Crippen LogP contribution in [0.5, 0.6) is 0 Å². The maximum absolute atomic E-state index is 4.94. The molecule has 0 amide bonds. The minimum atomic E-state index is 0. The van der Waals surface area contributed by atoms with Crippen LogP contribution in [0.15, 0.2) is 0 Å². The maximum Gasteiger partial charge on any atom is 3.00 e. The van der Waals surface area contributed by atoms with Crippen LogP contribution in [-0.2, 0) is 17.1 Å². The fourth-order valence-corrected chi connectivity index (χ4v) is 3.68. The molecular formula is C21H45FeN3S6+3. The molecule has 3 nitrogen and oxygen atoms in total. The van der Waals surface area contributed by atoms with Gasteiger partial charge in [-0.05, 0) is 38.5 Å². The van der Waals surface area contributed by atoms with Gasteiger partial charge in [-0.15, -0.1) is 37.9 Å². The van der Waals surface area contributed by atoms with E-state index in [0.29, 0.717) is 0 Å². The van der Waals surface area contributed by atoms with Crippen molar-refractivity contribution in [1.82, 2.24) is 14.7 Å². The SMILES string of the molecule is CCCN(CCC)C(=S)S.CCCN(CCC)C(=S)S.CCCN(CCC)C(=S)S.[Fe+3]. The molecule has 0 atom stereocenters. The molecule has 10 heteroatoms. The molecule has 0 bridgehead atoms. The molecule has 0 saturated heterocycles. The largest absolute Gasteiger partial charge is 3.00 e. The Balaban J connectivity index is -0.000000174. The molecule has 0 aliphatic heterocycles. The van der Waals surface area contributed by atoms with Gasteiger partial charge in [0.1, 0.15) is 13.0 Å². The van der Waals surface area contributed by atoms with E-state index in [9.17, 15) is 0 Å². The van der Waals surface area contributed by atoms with Crippen molar-refractivity contribution >= 4 is 87.5 Å². The van der Waals surface area contributed by atoms with Crippen molar-refractivity contribution in [2.75, 3.05) is 39.3 Å². The summed E-state index contributed by atoms with van der Waals surface area (Å²) >= 11 is 27.2. The van der Waals surface area contributed by atoms with E-state index in [2.05, 4.69) is 94.1 Å². The summed E-state index contributed by atoms with van der Waals surface area (Å²) in [5.74, 6) is 0. The van der Waals surface area contributed by atoms with Crippen molar-refractivity contribution in [3.8, 4) is 0 Å². The van der Waals surface area contributed by atoms with Crippen LogP contribution in [0.1, 0.15) is 80.1 Å². The molecule has 0 unspecified atom stereocenters. The quantitative estimate of drug-likeness (QED) is 0.128. The van der Waals surface area contributed by atoms with E-state index in [1.807, 2.05) is 0 Å². The monoisotopic (exact) mass is 587 g/mol. The van der Waals surface area contributed by atoms with E-state index in [-0.39, 0.29) is 17.1 Å². The predicted molar refractivity (Wildman–Crippen MR) is 161 cm³/mol. The molecular weight excluding hydrogens is 542 g/mol. The van der Waals surface area contributed by atoms with Gasteiger partial charge in [0.05, 0.1) is 0 Å². The summed E-state index contributed by atoms with van der Waals surface area (Å²) < 4.78 is 2.18. The number of hydrogen-bond acceptors (Lipinski definition) is 3. The summed E-state index contributed by atoms with van der Waals surface area (Å²) in [6.45, 7) is 19.1. The van der Waals surface area contributed by atoms with Crippen LogP contribution in [0.4, 0.5) is 0 Å². The van der Waals surface area contributed by atoms with Gasteiger partial charge in [0.15, 0.2) is 0 Å².